The Bertz CT molecular complexity index is 1280. The van der Waals surface area contributed by atoms with Crippen molar-refractivity contribution in [3.8, 4) is 11.1 Å². The van der Waals surface area contributed by atoms with Crippen LogP contribution in [0.15, 0.2) is 55.2 Å². The van der Waals surface area contributed by atoms with Gasteiger partial charge in [-0.1, -0.05) is 12.1 Å². The molecular formula is C24H23F2N5O2. The molecule has 4 rings (SSSR count). The molecule has 2 aromatic heterocycles. The monoisotopic (exact) mass is 451 g/mol. The minimum atomic E-state index is -0.756. The number of benzene rings is 2. The Kier molecular flexibility index (Phi) is 6.04. The number of nitrogens with zero attached hydrogens (tertiary/aromatic N) is 3. The fraction of sp³-hybridized carbons (Fsp3) is 0.250. The van der Waals surface area contributed by atoms with Gasteiger partial charge in [-0.3, -0.25) is 0 Å². The van der Waals surface area contributed by atoms with E-state index in [4.69, 9.17) is 4.74 Å². The maximum Gasteiger partial charge on any atom is 0.408 e. The molecule has 1 amide bonds. The number of aromatic amines is 1. The van der Waals surface area contributed by atoms with Crippen LogP contribution in [0.3, 0.4) is 0 Å². The third-order valence-corrected chi connectivity index (χ3v) is 4.87. The van der Waals surface area contributed by atoms with Gasteiger partial charge in [-0.15, -0.1) is 0 Å². The zero-order valence-corrected chi connectivity index (χ0v) is 18.4. The molecule has 0 aliphatic carbocycles. The molecular weight excluding hydrogens is 428 g/mol. The minimum absolute atomic E-state index is 0.0779. The highest BCUT2D eigenvalue weighted by Crippen LogP contribution is 2.32. The van der Waals surface area contributed by atoms with Gasteiger partial charge in [0.25, 0.3) is 0 Å². The molecule has 0 unspecified atom stereocenters. The second-order valence-electron chi connectivity index (χ2n) is 8.61. The second-order valence-corrected chi connectivity index (χ2v) is 8.61. The highest BCUT2D eigenvalue weighted by molar-refractivity contribution is 5.92. The summed E-state index contributed by atoms with van der Waals surface area (Å²) >= 11 is 0. The number of amides is 1. The molecule has 2 N–H and O–H groups in total. The van der Waals surface area contributed by atoms with Gasteiger partial charge in [-0.25, -0.2) is 28.5 Å². The number of H-pyrrole nitrogens is 1. The van der Waals surface area contributed by atoms with Crippen LogP contribution < -0.4 is 5.32 Å². The molecule has 33 heavy (non-hydrogen) atoms. The summed E-state index contributed by atoms with van der Waals surface area (Å²) in [6, 6.07) is 8.12. The molecule has 0 saturated carbocycles. The van der Waals surface area contributed by atoms with Crippen LogP contribution in [-0.2, 0) is 11.2 Å². The Morgan fingerprint density at radius 1 is 1.12 bits per heavy atom. The van der Waals surface area contributed by atoms with Crippen LogP contribution in [0.25, 0.3) is 22.2 Å². The molecule has 0 spiro atoms. The normalized spacial score (nSPS) is 12.5. The van der Waals surface area contributed by atoms with E-state index >= 15 is 0 Å². The molecule has 0 bridgehead atoms. The highest BCUT2D eigenvalue weighted by atomic mass is 19.1. The summed E-state index contributed by atoms with van der Waals surface area (Å²) in [6.45, 7) is 5.24. The molecule has 2 heterocycles. The number of halogens is 2. The maximum absolute atomic E-state index is 13.9. The Morgan fingerprint density at radius 3 is 2.61 bits per heavy atom. The molecule has 9 heteroatoms. The quantitative estimate of drug-likeness (QED) is 0.440. The Balaban J connectivity index is 1.78. The average molecular weight is 451 g/mol. The van der Waals surface area contributed by atoms with Crippen molar-refractivity contribution >= 4 is 17.1 Å². The zero-order chi connectivity index (χ0) is 23.6. The van der Waals surface area contributed by atoms with E-state index in [1.54, 1.807) is 33.3 Å². The van der Waals surface area contributed by atoms with Gasteiger partial charge in [-0.2, -0.15) is 0 Å². The molecule has 4 aromatic rings. The van der Waals surface area contributed by atoms with E-state index in [-0.39, 0.29) is 6.42 Å². The SMILES string of the molecule is CC(C)(C)OC(=O)N[C@@H](Cc1cc(F)cc(F)c1)c1ncncc1-c1cccc2[nH]cnc12. The van der Waals surface area contributed by atoms with Gasteiger partial charge < -0.3 is 15.0 Å². The van der Waals surface area contributed by atoms with E-state index in [9.17, 15) is 13.6 Å². The molecule has 2 aromatic carbocycles. The number of alkyl carbamates (subject to hydrolysis) is 1. The van der Waals surface area contributed by atoms with E-state index in [1.165, 1.54) is 18.5 Å². The summed E-state index contributed by atoms with van der Waals surface area (Å²) in [5.74, 6) is -1.41. The molecule has 0 aliphatic rings. The topological polar surface area (TPSA) is 92.8 Å². The first kappa shape index (κ1) is 22.3. The predicted molar refractivity (Wildman–Crippen MR) is 119 cm³/mol. The summed E-state index contributed by atoms with van der Waals surface area (Å²) in [6.07, 6.45) is 3.98. The summed E-state index contributed by atoms with van der Waals surface area (Å²) in [7, 11) is 0. The smallest absolute Gasteiger partial charge is 0.408 e. The number of rotatable bonds is 5. The lowest BCUT2D eigenvalue weighted by molar-refractivity contribution is 0.0502. The third kappa shape index (κ3) is 5.31. The largest absolute Gasteiger partial charge is 0.444 e. The average Bonchev–Trinajstić information content (AvgIpc) is 3.20. The van der Waals surface area contributed by atoms with Crippen LogP contribution >= 0.6 is 0 Å². The van der Waals surface area contributed by atoms with Crippen molar-refractivity contribution in [2.75, 3.05) is 0 Å². The van der Waals surface area contributed by atoms with E-state index in [0.717, 1.165) is 17.1 Å². The van der Waals surface area contributed by atoms with Crippen molar-refractivity contribution in [3.05, 3.63) is 78.1 Å². The number of ether oxygens (including phenoxy) is 1. The van der Waals surface area contributed by atoms with Gasteiger partial charge >= 0.3 is 6.09 Å². The number of hydrogen-bond donors (Lipinski definition) is 2. The van der Waals surface area contributed by atoms with Crippen molar-refractivity contribution in [2.24, 2.45) is 0 Å². The zero-order valence-electron chi connectivity index (χ0n) is 18.4. The van der Waals surface area contributed by atoms with Crippen LogP contribution in [0.2, 0.25) is 0 Å². The first-order valence-electron chi connectivity index (χ1n) is 10.4. The first-order chi connectivity index (χ1) is 15.7. The highest BCUT2D eigenvalue weighted by Gasteiger charge is 2.25. The van der Waals surface area contributed by atoms with Crippen molar-refractivity contribution in [3.63, 3.8) is 0 Å². The number of fused-ring (bicyclic) bond motifs is 1. The fourth-order valence-corrected chi connectivity index (χ4v) is 3.64. The van der Waals surface area contributed by atoms with Crippen molar-refractivity contribution in [2.45, 2.75) is 38.8 Å². The van der Waals surface area contributed by atoms with Crippen LogP contribution in [0, 0.1) is 11.6 Å². The fourth-order valence-electron chi connectivity index (χ4n) is 3.64. The number of carbonyl (C=O) groups is 1. The summed E-state index contributed by atoms with van der Waals surface area (Å²) in [5.41, 5.74) is 3.02. The molecule has 0 radical (unpaired) electrons. The standard InChI is InChI=1S/C24H23F2N5O2/c1-24(2,3)33-23(32)31-20(9-14-7-15(25)10-16(26)8-14)22-18(11-27-12-29-22)17-5-4-6-19-21(17)30-13-28-19/h4-8,10-13,20H,9H2,1-3H3,(H,28,30)(H,31,32)/t20-/m0/s1. The molecule has 7 nitrogen and oxygen atoms in total. The number of para-hydroxylation sites is 1. The van der Waals surface area contributed by atoms with Crippen LogP contribution in [-0.4, -0.2) is 31.6 Å². The number of carbonyl (C=O) groups excluding carboxylic acids is 1. The van der Waals surface area contributed by atoms with E-state index < -0.39 is 29.4 Å². The Labute approximate surface area is 189 Å². The van der Waals surface area contributed by atoms with E-state index in [2.05, 4.69) is 25.3 Å². The van der Waals surface area contributed by atoms with Crippen LogP contribution in [0.5, 0.6) is 0 Å². The summed E-state index contributed by atoms with van der Waals surface area (Å²) in [5, 5.41) is 2.80. The molecule has 170 valence electrons. The van der Waals surface area contributed by atoms with Crippen LogP contribution in [0.1, 0.15) is 38.1 Å². The lowest BCUT2D eigenvalue weighted by Crippen LogP contribution is -2.36. The lowest BCUT2D eigenvalue weighted by Gasteiger charge is -2.24. The van der Waals surface area contributed by atoms with E-state index in [0.29, 0.717) is 22.3 Å². The third-order valence-electron chi connectivity index (χ3n) is 4.87. The second kappa shape index (κ2) is 8.93. The van der Waals surface area contributed by atoms with E-state index in [1.807, 2.05) is 18.2 Å². The number of imidazole rings is 1. The molecule has 0 saturated heterocycles. The first-order valence-corrected chi connectivity index (χ1v) is 10.4. The Morgan fingerprint density at radius 2 is 1.88 bits per heavy atom. The maximum atomic E-state index is 13.9. The number of aromatic nitrogens is 4. The molecule has 1 atom stereocenters. The van der Waals surface area contributed by atoms with Crippen molar-refractivity contribution in [1.82, 2.24) is 25.3 Å². The van der Waals surface area contributed by atoms with Crippen LogP contribution in [0.4, 0.5) is 13.6 Å². The number of hydrogen-bond acceptors (Lipinski definition) is 5. The predicted octanol–water partition coefficient (Wildman–Crippen LogP) is 5.11. The van der Waals surface area contributed by atoms with Gasteiger partial charge in [0.05, 0.1) is 29.1 Å². The molecule has 0 aliphatic heterocycles. The van der Waals surface area contributed by atoms with Gasteiger partial charge in [-0.05, 0) is 51.0 Å². The minimum Gasteiger partial charge on any atom is -0.444 e. The van der Waals surface area contributed by atoms with Crippen molar-refractivity contribution in [1.29, 1.82) is 0 Å². The lowest BCUT2D eigenvalue weighted by atomic mass is 9.96. The van der Waals surface area contributed by atoms with Gasteiger partial charge in [0.15, 0.2) is 0 Å². The summed E-state index contributed by atoms with van der Waals surface area (Å²) in [4.78, 5) is 28.7. The van der Waals surface area contributed by atoms with Crippen molar-refractivity contribution < 1.29 is 18.3 Å². The van der Waals surface area contributed by atoms with Gasteiger partial charge in [0.1, 0.15) is 23.6 Å². The summed E-state index contributed by atoms with van der Waals surface area (Å²) < 4.78 is 33.1. The Hall–Kier alpha value is -3.88. The molecule has 0 fully saturated rings. The van der Waals surface area contributed by atoms with Gasteiger partial charge in [0, 0.05) is 23.4 Å². The number of nitrogens with one attached hydrogen (secondary N) is 2. The van der Waals surface area contributed by atoms with Gasteiger partial charge in [0.2, 0.25) is 0 Å².